The minimum absolute atomic E-state index is 0.209. The van der Waals surface area contributed by atoms with Crippen LogP contribution >= 0.6 is 0 Å². The Bertz CT molecular complexity index is 94.6. The Kier molecular flexibility index (Phi) is 1.11. The van der Waals surface area contributed by atoms with Gasteiger partial charge in [-0.3, -0.25) is 0 Å². The van der Waals surface area contributed by atoms with Gasteiger partial charge < -0.3 is 5.32 Å². The molecular formula is C5H5FN. The first kappa shape index (κ1) is 4.37. The number of dihydropyridines is 1. The topological polar surface area (TPSA) is 12.0 Å². The van der Waals surface area contributed by atoms with Gasteiger partial charge in [0.2, 0.25) is 0 Å². The van der Waals surface area contributed by atoms with Crippen LogP contribution in [0.2, 0.25) is 0 Å². The van der Waals surface area contributed by atoms with Gasteiger partial charge in [-0.2, -0.15) is 0 Å². The van der Waals surface area contributed by atoms with Crippen molar-refractivity contribution < 1.29 is 4.39 Å². The summed E-state index contributed by atoms with van der Waals surface area (Å²) >= 11 is 0. The van der Waals surface area contributed by atoms with Crippen LogP contribution in [0.4, 0.5) is 4.39 Å². The average molecular weight is 98.1 g/mol. The maximum atomic E-state index is 11.9. The zero-order valence-electron chi connectivity index (χ0n) is 3.69. The molecule has 1 aliphatic rings. The van der Waals surface area contributed by atoms with Crippen molar-refractivity contribution in [1.82, 2.24) is 5.32 Å². The lowest BCUT2D eigenvalue weighted by Gasteiger charge is -1.97. The van der Waals surface area contributed by atoms with E-state index in [0.717, 1.165) is 0 Å². The molecule has 37 valence electrons. The Morgan fingerprint density at radius 2 is 1.86 bits per heavy atom. The quantitative estimate of drug-likeness (QED) is 0.478. The van der Waals surface area contributed by atoms with Crippen LogP contribution in [0.15, 0.2) is 24.6 Å². The summed E-state index contributed by atoms with van der Waals surface area (Å²) in [6.07, 6.45) is 5.59. The highest BCUT2D eigenvalue weighted by atomic mass is 19.1. The molecule has 1 N–H and O–H groups in total. The summed E-state index contributed by atoms with van der Waals surface area (Å²) in [5.41, 5.74) is 0. The molecular weight excluding hydrogens is 93.1 g/mol. The molecule has 1 rings (SSSR count). The number of hydrogen-bond acceptors (Lipinski definition) is 1. The van der Waals surface area contributed by atoms with E-state index in [0.29, 0.717) is 0 Å². The van der Waals surface area contributed by atoms with Crippen molar-refractivity contribution in [3.63, 3.8) is 0 Å². The lowest BCUT2D eigenvalue weighted by atomic mass is 10.3. The lowest BCUT2D eigenvalue weighted by Crippen LogP contribution is -1.97. The third-order valence-corrected chi connectivity index (χ3v) is 0.678. The summed E-state index contributed by atoms with van der Waals surface area (Å²) in [5, 5.41) is 2.69. The molecule has 1 radical (unpaired) electrons. The number of nitrogens with one attached hydrogen (secondary N) is 1. The van der Waals surface area contributed by atoms with E-state index in [1.165, 1.54) is 24.6 Å². The SMILES string of the molecule is F[C]1C=CNC=C1. The van der Waals surface area contributed by atoms with Gasteiger partial charge in [-0.25, -0.2) is 4.39 Å². The smallest absolute Gasteiger partial charge is 0.191 e. The largest absolute Gasteiger partial charge is 0.368 e. The van der Waals surface area contributed by atoms with E-state index in [2.05, 4.69) is 5.32 Å². The van der Waals surface area contributed by atoms with Crippen molar-refractivity contribution in [3.05, 3.63) is 30.7 Å². The van der Waals surface area contributed by atoms with Gasteiger partial charge in [0.25, 0.3) is 0 Å². The Labute approximate surface area is 41.5 Å². The minimum Gasteiger partial charge on any atom is -0.368 e. The van der Waals surface area contributed by atoms with Crippen molar-refractivity contribution in [1.29, 1.82) is 0 Å². The van der Waals surface area contributed by atoms with Crippen LogP contribution in [0.3, 0.4) is 0 Å². The van der Waals surface area contributed by atoms with Crippen molar-refractivity contribution in [2.24, 2.45) is 0 Å². The molecule has 1 nitrogen and oxygen atoms in total. The molecule has 0 atom stereocenters. The number of hydrogen-bond donors (Lipinski definition) is 1. The summed E-state index contributed by atoms with van der Waals surface area (Å²) in [7, 11) is 0. The molecule has 7 heavy (non-hydrogen) atoms. The first-order valence-corrected chi connectivity index (χ1v) is 2.01. The van der Waals surface area contributed by atoms with Crippen molar-refractivity contribution in [2.45, 2.75) is 0 Å². The maximum absolute atomic E-state index is 11.9. The van der Waals surface area contributed by atoms with Crippen LogP contribution in [0.25, 0.3) is 0 Å². The van der Waals surface area contributed by atoms with E-state index in [1.54, 1.807) is 0 Å². The summed E-state index contributed by atoms with van der Waals surface area (Å²) in [5.74, 6) is 0. The van der Waals surface area contributed by atoms with Crippen LogP contribution in [-0.2, 0) is 0 Å². The van der Waals surface area contributed by atoms with Crippen LogP contribution < -0.4 is 5.32 Å². The second-order valence-corrected chi connectivity index (χ2v) is 1.22. The predicted molar refractivity (Wildman–Crippen MR) is 25.8 cm³/mol. The third kappa shape index (κ3) is 1.03. The molecule has 0 saturated carbocycles. The molecule has 1 aliphatic heterocycles. The maximum Gasteiger partial charge on any atom is 0.191 e. The van der Waals surface area contributed by atoms with E-state index in [1.807, 2.05) is 0 Å². The van der Waals surface area contributed by atoms with E-state index < -0.39 is 0 Å². The summed E-state index contributed by atoms with van der Waals surface area (Å²) in [6, 6.07) is 0. The Morgan fingerprint density at radius 1 is 1.29 bits per heavy atom. The van der Waals surface area contributed by atoms with Gasteiger partial charge >= 0.3 is 0 Å². The molecule has 0 aliphatic carbocycles. The molecule has 0 saturated heterocycles. The Hall–Kier alpha value is -0.790. The first-order valence-electron chi connectivity index (χ1n) is 2.01. The molecule has 2 heteroatoms. The highest BCUT2D eigenvalue weighted by Gasteiger charge is 1.96. The van der Waals surface area contributed by atoms with Crippen molar-refractivity contribution in [3.8, 4) is 0 Å². The fourth-order valence-electron chi connectivity index (χ4n) is 0.367. The molecule has 0 aromatic carbocycles. The van der Waals surface area contributed by atoms with E-state index in [9.17, 15) is 4.39 Å². The van der Waals surface area contributed by atoms with Gasteiger partial charge in [0, 0.05) is 12.4 Å². The standard InChI is InChI=1S/C5H5FN/c6-5-1-3-7-4-2-5/h1-4,7H. The fraction of sp³-hybridized carbons (Fsp3) is 0. The van der Waals surface area contributed by atoms with Gasteiger partial charge in [-0.05, 0) is 12.2 Å². The van der Waals surface area contributed by atoms with Crippen LogP contribution in [0.1, 0.15) is 0 Å². The Morgan fingerprint density at radius 3 is 2.14 bits per heavy atom. The van der Waals surface area contributed by atoms with E-state index in [-0.39, 0.29) is 6.17 Å². The molecule has 0 fully saturated rings. The van der Waals surface area contributed by atoms with E-state index in [4.69, 9.17) is 0 Å². The van der Waals surface area contributed by atoms with Crippen molar-refractivity contribution >= 4 is 0 Å². The zero-order valence-corrected chi connectivity index (χ0v) is 3.69. The fourth-order valence-corrected chi connectivity index (χ4v) is 0.367. The number of rotatable bonds is 0. The number of halogens is 1. The summed E-state index contributed by atoms with van der Waals surface area (Å²) in [4.78, 5) is 0. The van der Waals surface area contributed by atoms with Gasteiger partial charge in [0.1, 0.15) is 0 Å². The van der Waals surface area contributed by atoms with Gasteiger partial charge in [-0.15, -0.1) is 0 Å². The molecule has 0 aromatic rings. The highest BCUT2D eigenvalue weighted by Crippen LogP contribution is 2.06. The zero-order chi connectivity index (χ0) is 5.11. The second-order valence-electron chi connectivity index (χ2n) is 1.22. The summed E-state index contributed by atoms with van der Waals surface area (Å²) in [6.45, 7) is 0. The van der Waals surface area contributed by atoms with Crippen LogP contribution in [0, 0.1) is 6.17 Å². The highest BCUT2D eigenvalue weighted by molar-refractivity contribution is 5.19. The average Bonchev–Trinajstić information content (AvgIpc) is 1.69. The molecule has 0 amide bonds. The molecule has 1 heterocycles. The van der Waals surface area contributed by atoms with E-state index >= 15 is 0 Å². The second kappa shape index (κ2) is 1.78. The van der Waals surface area contributed by atoms with Gasteiger partial charge in [0.05, 0.1) is 0 Å². The van der Waals surface area contributed by atoms with Gasteiger partial charge in [0.15, 0.2) is 6.17 Å². The first-order chi connectivity index (χ1) is 3.39. The predicted octanol–water partition coefficient (Wildman–Crippen LogP) is 1.12. The lowest BCUT2D eigenvalue weighted by molar-refractivity contribution is 0.583. The molecule has 0 spiro atoms. The minimum atomic E-state index is -0.209. The third-order valence-electron chi connectivity index (χ3n) is 0.678. The Balaban J connectivity index is 2.49. The summed E-state index contributed by atoms with van der Waals surface area (Å²) < 4.78 is 11.9. The molecule has 0 bridgehead atoms. The monoisotopic (exact) mass is 98.0 g/mol. The molecule has 0 aromatic heterocycles. The van der Waals surface area contributed by atoms with Crippen LogP contribution in [-0.4, -0.2) is 0 Å². The normalized spacial score (nSPS) is 19.6. The van der Waals surface area contributed by atoms with Gasteiger partial charge in [-0.1, -0.05) is 0 Å². The number of allylic oxidation sites excluding steroid dienone is 2. The van der Waals surface area contributed by atoms with Crippen LogP contribution in [0.5, 0.6) is 0 Å². The van der Waals surface area contributed by atoms with Crippen molar-refractivity contribution in [2.75, 3.05) is 0 Å². The molecule has 0 unspecified atom stereocenters.